The lowest BCUT2D eigenvalue weighted by Crippen LogP contribution is -2.34. The predicted octanol–water partition coefficient (Wildman–Crippen LogP) is 4.78. The number of nitriles is 1. The van der Waals surface area contributed by atoms with Gasteiger partial charge in [0.15, 0.2) is 5.92 Å². The average molecular weight is 465 g/mol. The summed E-state index contributed by atoms with van der Waals surface area (Å²) in [5.41, 5.74) is 4.41. The molecule has 1 aromatic heterocycles. The van der Waals surface area contributed by atoms with Crippen molar-refractivity contribution < 1.29 is 9.59 Å². The molecule has 166 valence electrons. The van der Waals surface area contributed by atoms with Crippen molar-refractivity contribution in [3.05, 3.63) is 102 Å². The van der Waals surface area contributed by atoms with Gasteiger partial charge in [0.2, 0.25) is 11.7 Å². The molecule has 0 aliphatic carbocycles. The largest absolute Gasteiger partial charge is 0.350 e. The number of hydrogen-bond donors (Lipinski definition) is 1. The number of rotatable bonds is 6. The molecule has 1 atom stereocenters. The van der Waals surface area contributed by atoms with E-state index in [4.69, 9.17) is 0 Å². The van der Waals surface area contributed by atoms with Crippen LogP contribution in [0.25, 0.3) is 16.9 Å². The van der Waals surface area contributed by atoms with E-state index in [0.29, 0.717) is 5.75 Å². The van der Waals surface area contributed by atoms with Gasteiger partial charge < -0.3 is 5.32 Å². The van der Waals surface area contributed by atoms with E-state index < -0.39 is 17.6 Å². The molecule has 6 nitrogen and oxygen atoms in total. The Morgan fingerprint density at radius 2 is 1.68 bits per heavy atom. The molecule has 0 fully saturated rings. The molecule has 7 heteroatoms. The number of nitrogens with zero attached hydrogens (tertiary/aromatic N) is 3. The summed E-state index contributed by atoms with van der Waals surface area (Å²) in [7, 11) is 0. The fourth-order valence-electron chi connectivity index (χ4n) is 4.02. The lowest BCUT2D eigenvalue weighted by molar-refractivity contribution is -0.122. The minimum Gasteiger partial charge on any atom is -0.350 e. The summed E-state index contributed by atoms with van der Waals surface area (Å²) >= 11 is 1.62. The number of carbonyl (C=O) groups excluding carboxylic acids is 2. The maximum atomic E-state index is 13.5. The van der Waals surface area contributed by atoms with Crippen molar-refractivity contribution in [3.63, 3.8) is 0 Å². The van der Waals surface area contributed by atoms with Gasteiger partial charge in [-0.25, -0.2) is 4.68 Å². The van der Waals surface area contributed by atoms with E-state index >= 15 is 0 Å². The van der Waals surface area contributed by atoms with Crippen molar-refractivity contribution in [3.8, 4) is 23.0 Å². The molecule has 1 amide bonds. The number of ketones is 1. The minimum absolute atomic E-state index is 0.169. The molecule has 1 aliphatic rings. The van der Waals surface area contributed by atoms with E-state index in [1.165, 1.54) is 0 Å². The highest BCUT2D eigenvalue weighted by Crippen LogP contribution is 2.43. The Bertz CT molecular complexity index is 1410. The van der Waals surface area contributed by atoms with Crippen molar-refractivity contribution >= 4 is 23.5 Å². The third-order valence-corrected chi connectivity index (χ3v) is 6.79. The van der Waals surface area contributed by atoms with Crippen LogP contribution in [0.3, 0.4) is 0 Å². The Morgan fingerprint density at radius 3 is 2.41 bits per heavy atom. The van der Waals surface area contributed by atoms with Crippen molar-refractivity contribution in [1.82, 2.24) is 15.1 Å². The van der Waals surface area contributed by atoms with Gasteiger partial charge in [-0.15, -0.1) is 11.8 Å². The maximum absolute atomic E-state index is 13.5. The standard InChI is InChI=1S/C27H20N4O2S/c28-15-21(27(33)29-16-18-9-3-1-4-10-18)26(32)24-22-17-34-23-14-8-7-13-20(23)25(22)31(30-24)19-11-5-2-6-12-19/h1-14,21H,16-17H2,(H,29,33). The van der Waals surface area contributed by atoms with Crippen LogP contribution in [0.15, 0.2) is 89.8 Å². The van der Waals surface area contributed by atoms with Gasteiger partial charge in [0, 0.05) is 28.3 Å². The molecule has 5 rings (SSSR count). The van der Waals surface area contributed by atoms with Gasteiger partial charge in [0.25, 0.3) is 0 Å². The van der Waals surface area contributed by atoms with Crippen molar-refractivity contribution in [2.75, 3.05) is 0 Å². The number of fused-ring (bicyclic) bond motifs is 3. The van der Waals surface area contributed by atoms with Crippen LogP contribution >= 0.6 is 11.8 Å². The Hall–Kier alpha value is -4.15. The quantitative estimate of drug-likeness (QED) is 0.328. The molecule has 0 radical (unpaired) electrons. The molecular weight excluding hydrogens is 444 g/mol. The third-order valence-electron chi connectivity index (χ3n) is 5.69. The van der Waals surface area contributed by atoms with Crippen molar-refractivity contribution in [1.29, 1.82) is 5.26 Å². The predicted molar refractivity (Wildman–Crippen MR) is 130 cm³/mol. The smallest absolute Gasteiger partial charge is 0.245 e. The highest BCUT2D eigenvalue weighted by atomic mass is 32.2. The summed E-state index contributed by atoms with van der Waals surface area (Å²) < 4.78 is 1.75. The second-order valence-electron chi connectivity index (χ2n) is 7.84. The highest BCUT2D eigenvalue weighted by molar-refractivity contribution is 7.98. The first-order valence-electron chi connectivity index (χ1n) is 10.8. The van der Waals surface area contributed by atoms with Gasteiger partial charge in [-0.3, -0.25) is 9.59 Å². The molecule has 0 spiro atoms. The number of Topliss-reactive ketones (excluding diaryl/α,β-unsaturated/α-hetero) is 1. The van der Waals surface area contributed by atoms with Crippen LogP contribution in [-0.4, -0.2) is 21.5 Å². The van der Waals surface area contributed by atoms with Crippen LogP contribution in [0.1, 0.15) is 21.6 Å². The zero-order valence-corrected chi connectivity index (χ0v) is 19.0. The molecule has 1 aliphatic heterocycles. The van der Waals surface area contributed by atoms with Gasteiger partial charge in [-0.1, -0.05) is 66.7 Å². The number of carbonyl (C=O) groups is 2. The fourth-order valence-corrected chi connectivity index (χ4v) is 5.08. The monoisotopic (exact) mass is 464 g/mol. The number of thioether (sulfide) groups is 1. The van der Waals surface area contributed by atoms with Crippen molar-refractivity contribution in [2.24, 2.45) is 5.92 Å². The molecule has 0 saturated heterocycles. The zero-order chi connectivity index (χ0) is 23.5. The number of benzene rings is 3. The van der Waals surface area contributed by atoms with Gasteiger partial charge in [0.1, 0.15) is 5.69 Å². The van der Waals surface area contributed by atoms with Crippen LogP contribution < -0.4 is 5.32 Å². The first-order valence-corrected chi connectivity index (χ1v) is 11.8. The summed E-state index contributed by atoms with van der Waals surface area (Å²) in [5.74, 6) is -2.15. The van der Waals surface area contributed by atoms with Crippen LogP contribution in [0.4, 0.5) is 0 Å². The maximum Gasteiger partial charge on any atom is 0.245 e. The number of aromatic nitrogens is 2. The Morgan fingerprint density at radius 1 is 1.00 bits per heavy atom. The molecule has 0 bridgehead atoms. The van der Waals surface area contributed by atoms with Gasteiger partial charge in [-0.05, 0) is 23.8 Å². The number of amides is 1. The topological polar surface area (TPSA) is 87.8 Å². The number of para-hydroxylation sites is 1. The average Bonchev–Trinajstić information content (AvgIpc) is 3.29. The Kier molecular flexibility index (Phi) is 5.98. The molecule has 34 heavy (non-hydrogen) atoms. The fraction of sp³-hybridized carbons (Fsp3) is 0.111. The van der Waals surface area contributed by atoms with E-state index in [-0.39, 0.29) is 12.2 Å². The molecule has 0 saturated carbocycles. The Labute approximate surface area is 201 Å². The summed E-state index contributed by atoms with van der Waals surface area (Å²) in [4.78, 5) is 27.4. The van der Waals surface area contributed by atoms with E-state index in [0.717, 1.165) is 33.0 Å². The summed E-state index contributed by atoms with van der Waals surface area (Å²) in [6, 6.07) is 28.8. The van der Waals surface area contributed by atoms with E-state index in [1.54, 1.807) is 16.4 Å². The first-order chi connectivity index (χ1) is 16.7. The Balaban J connectivity index is 1.52. The van der Waals surface area contributed by atoms with Crippen LogP contribution in [0, 0.1) is 17.2 Å². The minimum atomic E-state index is -1.48. The molecular formula is C27H20N4O2S. The van der Waals surface area contributed by atoms with Crippen LogP contribution in [0.2, 0.25) is 0 Å². The second-order valence-corrected chi connectivity index (χ2v) is 8.85. The van der Waals surface area contributed by atoms with E-state index in [1.807, 2.05) is 91.0 Å². The van der Waals surface area contributed by atoms with Gasteiger partial charge >= 0.3 is 0 Å². The van der Waals surface area contributed by atoms with E-state index in [9.17, 15) is 14.9 Å². The summed E-state index contributed by atoms with van der Waals surface area (Å²) in [6.07, 6.45) is 0. The zero-order valence-electron chi connectivity index (χ0n) is 18.1. The second kappa shape index (κ2) is 9.38. The molecule has 4 aromatic rings. The van der Waals surface area contributed by atoms with Crippen LogP contribution in [0.5, 0.6) is 0 Å². The SMILES string of the molecule is N#CC(C(=O)NCc1ccccc1)C(=O)c1nn(-c2ccccc2)c2c1CSc1ccccc1-2. The highest BCUT2D eigenvalue weighted by Gasteiger charge is 2.35. The van der Waals surface area contributed by atoms with Gasteiger partial charge in [0.05, 0.1) is 17.5 Å². The lowest BCUT2D eigenvalue weighted by atomic mass is 9.97. The normalized spacial score (nSPS) is 12.7. The molecule has 1 N–H and O–H groups in total. The van der Waals surface area contributed by atoms with Gasteiger partial charge in [-0.2, -0.15) is 10.4 Å². The number of nitrogens with one attached hydrogen (secondary N) is 1. The lowest BCUT2D eigenvalue weighted by Gasteiger charge is -2.18. The third kappa shape index (κ3) is 4.00. The van der Waals surface area contributed by atoms with Crippen LogP contribution in [-0.2, 0) is 17.1 Å². The summed E-state index contributed by atoms with van der Waals surface area (Å²) in [5, 5.41) is 17.1. The van der Waals surface area contributed by atoms with Crippen molar-refractivity contribution in [2.45, 2.75) is 17.2 Å². The van der Waals surface area contributed by atoms with E-state index in [2.05, 4.69) is 10.4 Å². The first kappa shape index (κ1) is 21.7. The summed E-state index contributed by atoms with van der Waals surface area (Å²) in [6.45, 7) is 0.241. The molecule has 2 heterocycles. The number of hydrogen-bond acceptors (Lipinski definition) is 5. The molecule has 3 aromatic carbocycles. The molecule has 1 unspecified atom stereocenters.